The first-order valence-electron chi connectivity index (χ1n) is 17.7. The number of carbonyl (C=O) groups excluding carboxylic acids is 5. The van der Waals surface area contributed by atoms with Gasteiger partial charge in [0.15, 0.2) is 6.10 Å². The van der Waals surface area contributed by atoms with E-state index in [1.807, 2.05) is 18.8 Å². The molecule has 1 aromatic heterocycles. The Morgan fingerprint density at radius 2 is 1.59 bits per heavy atom. The second-order valence-electron chi connectivity index (χ2n) is 14.3. The first-order valence-corrected chi connectivity index (χ1v) is 17.7. The number of nitrogens with one attached hydrogen (secondary N) is 7. The maximum absolute atomic E-state index is 14.1. The summed E-state index contributed by atoms with van der Waals surface area (Å²) in [5, 5.41) is 33.5. The summed E-state index contributed by atoms with van der Waals surface area (Å²) in [5.74, 6) is -8.52. The topological polar surface area (TPSA) is 295 Å². The number of rotatable bonds is 17. The van der Waals surface area contributed by atoms with Gasteiger partial charge in [-0.15, -0.1) is 0 Å². The Balaban J connectivity index is 1.48. The molecule has 56 heavy (non-hydrogen) atoms. The van der Waals surface area contributed by atoms with Gasteiger partial charge in [0.1, 0.15) is 23.8 Å². The highest BCUT2D eigenvalue weighted by Crippen LogP contribution is 2.54. The van der Waals surface area contributed by atoms with Crippen LogP contribution in [0.2, 0.25) is 0 Å². The van der Waals surface area contributed by atoms with Crippen molar-refractivity contribution in [1.29, 1.82) is 0 Å². The molecule has 0 aliphatic heterocycles. The fraction of sp³-hybridized carbons (Fsp3) is 0.405. The summed E-state index contributed by atoms with van der Waals surface area (Å²) >= 11 is 0. The number of hydrogen-bond donors (Lipinski definition) is 10. The second-order valence-corrected chi connectivity index (χ2v) is 14.3. The van der Waals surface area contributed by atoms with Crippen LogP contribution in [-0.2, 0) is 19.2 Å². The highest BCUT2D eigenvalue weighted by atomic mass is 19.1. The number of nitrogens with two attached hydrogens (primary N) is 1. The SMILES string of the molecule is CC(C)C[C@H](NC(=O)[C@@H](NC(=O)[C@@H](N)CNC(=O)c1[nH]c(=O)[nH]c(=O)c1F)C(C)C)C(=O)NC1([C@@H](O)C(=O)Nc2cccc(C(=O)O)c2)CC1c1ccccc1. The molecule has 1 saturated carbocycles. The molecule has 3 aromatic rings. The van der Waals surface area contributed by atoms with Gasteiger partial charge in [-0.25, -0.2) is 9.59 Å². The van der Waals surface area contributed by atoms with E-state index in [-0.39, 0.29) is 30.0 Å². The van der Waals surface area contributed by atoms with Crippen LogP contribution in [0.5, 0.6) is 0 Å². The number of benzene rings is 2. The van der Waals surface area contributed by atoms with E-state index in [1.54, 1.807) is 49.2 Å². The second kappa shape index (κ2) is 17.9. The van der Waals surface area contributed by atoms with Crippen LogP contribution in [0.4, 0.5) is 10.1 Å². The van der Waals surface area contributed by atoms with Crippen molar-refractivity contribution in [3.63, 3.8) is 0 Å². The zero-order chi connectivity index (χ0) is 41.5. The molecule has 6 atom stereocenters. The van der Waals surface area contributed by atoms with Crippen molar-refractivity contribution in [3.05, 3.63) is 98.1 Å². The molecule has 2 unspecified atom stereocenters. The molecule has 2 aromatic carbocycles. The van der Waals surface area contributed by atoms with Crippen LogP contribution in [0.1, 0.15) is 72.9 Å². The van der Waals surface area contributed by atoms with Crippen molar-refractivity contribution < 1.29 is 43.4 Å². The number of carbonyl (C=O) groups is 6. The average molecular weight is 781 g/mol. The summed E-state index contributed by atoms with van der Waals surface area (Å²) in [4.78, 5) is 105. The van der Waals surface area contributed by atoms with Gasteiger partial charge in [-0.3, -0.25) is 33.8 Å². The Morgan fingerprint density at radius 3 is 2.21 bits per heavy atom. The largest absolute Gasteiger partial charge is 0.478 e. The highest BCUT2D eigenvalue weighted by molar-refractivity contribution is 5.99. The Bertz CT molecular complexity index is 2090. The smallest absolute Gasteiger partial charge is 0.335 e. The zero-order valence-electron chi connectivity index (χ0n) is 31.0. The van der Waals surface area contributed by atoms with Gasteiger partial charge in [-0.2, -0.15) is 4.39 Å². The molecule has 1 aliphatic rings. The van der Waals surface area contributed by atoms with Crippen molar-refractivity contribution in [2.45, 2.75) is 76.2 Å². The summed E-state index contributed by atoms with van der Waals surface area (Å²) in [5.41, 5.74) is 1.62. The van der Waals surface area contributed by atoms with Crippen molar-refractivity contribution in [2.24, 2.45) is 17.6 Å². The summed E-state index contributed by atoms with van der Waals surface area (Å²) in [7, 11) is 0. The first kappa shape index (κ1) is 42.5. The summed E-state index contributed by atoms with van der Waals surface area (Å²) < 4.78 is 14.1. The number of carboxylic acids is 1. The summed E-state index contributed by atoms with van der Waals surface area (Å²) in [6.45, 7) is 6.26. The molecule has 0 bridgehead atoms. The summed E-state index contributed by atoms with van der Waals surface area (Å²) in [6, 6.07) is 10.3. The third kappa shape index (κ3) is 10.3. The number of H-pyrrole nitrogens is 2. The van der Waals surface area contributed by atoms with Crippen LogP contribution in [-0.4, -0.2) is 92.0 Å². The van der Waals surface area contributed by atoms with Crippen molar-refractivity contribution in [3.8, 4) is 0 Å². The molecule has 300 valence electrons. The fourth-order valence-corrected chi connectivity index (χ4v) is 6.15. The number of aliphatic hydroxyl groups is 1. The number of aromatic nitrogens is 2. The number of aromatic amines is 2. The minimum atomic E-state index is -1.82. The van der Waals surface area contributed by atoms with Gasteiger partial charge in [0, 0.05) is 18.2 Å². The van der Waals surface area contributed by atoms with Gasteiger partial charge < -0.3 is 47.5 Å². The lowest BCUT2D eigenvalue weighted by Gasteiger charge is -2.30. The molecule has 1 heterocycles. The molecule has 4 rings (SSSR count). The first-order chi connectivity index (χ1) is 26.3. The number of carboxylic acid groups (broad SMARTS) is 1. The Morgan fingerprint density at radius 1 is 0.911 bits per heavy atom. The van der Waals surface area contributed by atoms with Crippen LogP contribution < -0.4 is 43.6 Å². The molecule has 0 spiro atoms. The van der Waals surface area contributed by atoms with Gasteiger partial charge >= 0.3 is 11.7 Å². The van der Waals surface area contributed by atoms with Crippen LogP contribution >= 0.6 is 0 Å². The molecule has 1 aliphatic carbocycles. The van der Waals surface area contributed by atoms with Gasteiger partial charge in [-0.05, 0) is 48.4 Å². The number of anilines is 1. The molecule has 19 heteroatoms. The predicted molar refractivity (Wildman–Crippen MR) is 199 cm³/mol. The number of amides is 5. The number of aromatic carboxylic acids is 1. The lowest BCUT2D eigenvalue weighted by Crippen LogP contribution is -2.61. The Labute approximate surface area is 319 Å². The quantitative estimate of drug-likeness (QED) is 0.0846. The average Bonchev–Trinajstić information content (AvgIpc) is 3.88. The van der Waals surface area contributed by atoms with Gasteiger partial charge in [0.2, 0.25) is 23.5 Å². The van der Waals surface area contributed by atoms with Crippen LogP contribution in [0.15, 0.2) is 64.2 Å². The van der Waals surface area contributed by atoms with Crippen molar-refractivity contribution in [1.82, 2.24) is 31.2 Å². The molecular formula is C37H45FN8O10. The molecule has 0 radical (unpaired) electrons. The van der Waals surface area contributed by atoms with E-state index in [9.17, 15) is 53.0 Å². The Kier molecular flexibility index (Phi) is 13.6. The lowest BCUT2D eigenvalue weighted by atomic mass is 9.97. The molecule has 11 N–H and O–H groups in total. The third-order valence-electron chi connectivity index (χ3n) is 9.19. The molecule has 18 nitrogen and oxygen atoms in total. The minimum absolute atomic E-state index is 0.0944. The number of aliphatic hydroxyl groups excluding tert-OH is 1. The van der Waals surface area contributed by atoms with Crippen molar-refractivity contribution >= 4 is 41.2 Å². The lowest BCUT2D eigenvalue weighted by molar-refractivity contribution is -0.135. The maximum atomic E-state index is 14.1. The van der Waals surface area contributed by atoms with Gasteiger partial charge in [0.25, 0.3) is 17.4 Å². The fourth-order valence-electron chi connectivity index (χ4n) is 6.15. The number of hydrogen-bond acceptors (Lipinski definition) is 10. The molecule has 1 fully saturated rings. The molecule has 5 amide bonds. The normalized spacial score (nSPS) is 18.2. The Hall–Kier alpha value is -6.21. The van der Waals surface area contributed by atoms with E-state index in [2.05, 4.69) is 26.6 Å². The van der Waals surface area contributed by atoms with Crippen LogP contribution in [0.25, 0.3) is 0 Å². The zero-order valence-corrected chi connectivity index (χ0v) is 31.0. The molecule has 0 saturated heterocycles. The van der Waals surface area contributed by atoms with E-state index in [4.69, 9.17) is 5.73 Å². The minimum Gasteiger partial charge on any atom is -0.478 e. The van der Waals surface area contributed by atoms with E-state index in [0.29, 0.717) is 0 Å². The van der Waals surface area contributed by atoms with Gasteiger partial charge in [-0.1, -0.05) is 64.1 Å². The molecular weight excluding hydrogens is 735 g/mol. The van der Waals surface area contributed by atoms with Gasteiger partial charge in [0.05, 0.1) is 11.1 Å². The standard InChI is InChI=1S/C37H45FN8O10/c1-17(2)13-24(42-33(52)26(18(3)4)43-29(48)23(39)16-40-32(51)27-25(38)31(50)45-36(56)44-27)30(49)46-37(15-22(37)19-9-6-5-7-10-19)28(47)34(53)41-21-12-8-11-20(14-21)35(54)55/h5-12,14,17-18,22-24,26,28,47H,13,15-16,39H2,1-4H3,(H,40,51)(H,41,53)(H,42,52)(H,43,48)(H,46,49)(H,54,55)(H2,44,45,50,56)/t22?,23-,24-,26-,28-,37?/m0/s1. The van der Waals surface area contributed by atoms with E-state index >= 15 is 0 Å². The van der Waals surface area contributed by atoms with Crippen molar-refractivity contribution in [2.75, 3.05) is 11.9 Å². The van der Waals surface area contributed by atoms with Crippen LogP contribution in [0.3, 0.4) is 0 Å². The maximum Gasteiger partial charge on any atom is 0.335 e. The van der Waals surface area contributed by atoms with E-state index in [1.165, 1.54) is 24.3 Å². The third-order valence-corrected chi connectivity index (χ3v) is 9.19. The highest BCUT2D eigenvalue weighted by Gasteiger charge is 2.63. The van der Waals surface area contributed by atoms with E-state index in [0.717, 1.165) is 5.56 Å². The van der Waals surface area contributed by atoms with E-state index < -0.39 is 106 Å². The summed E-state index contributed by atoms with van der Waals surface area (Å²) in [6.07, 6.45) is -1.55. The van der Waals surface area contributed by atoms with Crippen LogP contribution in [0, 0.1) is 17.7 Å². The number of halogens is 1. The monoisotopic (exact) mass is 780 g/mol. The predicted octanol–water partition coefficient (Wildman–Crippen LogP) is -0.329.